The molecule has 6 nitrogen and oxygen atoms in total. The lowest BCUT2D eigenvalue weighted by atomic mass is 10.0. The van der Waals surface area contributed by atoms with E-state index in [9.17, 15) is 19.5 Å². The number of aryl methyl sites for hydroxylation is 2. The molecule has 3 rings (SSSR count). The molecule has 2 aromatic rings. The van der Waals surface area contributed by atoms with Crippen molar-refractivity contribution in [3.05, 3.63) is 64.7 Å². The fraction of sp³-hybridized carbons (Fsp3) is 0.375. The van der Waals surface area contributed by atoms with E-state index < -0.39 is 12.0 Å². The number of rotatable bonds is 10. The van der Waals surface area contributed by atoms with Crippen LogP contribution in [0.15, 0.2) is 42.5 Å². The third-order valence-electron chi connectivity index (χ3n) is 5.53. The van der Waals surface area contributed by atoms with Gasteiger partial charge >= 0.3 is 5.97 Å². The highest BCUT2D eigenvalue weighted by Crippen LogP contribution is 2.27. The van der Waals surface area contributed by atoms with Crippen molar-refractivity contribution in [2.75, 3.05) is 11.9 Å². The maximum absolute atomic E-state index is 12.7. The van der Waals surface area contributed by atoms with Crippen LogP contribution in [0.4, 0.5) is 5.69 Å². The number of anilines is 1. The zero-order valence-electron chi connectivity index (χ0n) is 17.5. The predicted octanol–water partition coefficient (Wildman–Crippen LogP) is 4.28. The molecule has 2 aromatic carbocycles. The maximum atomic E-state index is 12.7. The summed E-state index contributed by atoms with van der Waals surface area (Å²) in [5.41, 5.74) is 3.84. The number of carbonyl (C=O) groups is 3. The minimum Gasteiger partial charge on any atom is -0.480 e. The van der Waals surface area contributed by atoms with Crippen LogP contribution in [0.2, 0.25) is 0 Å². The van der Waals surface area contributed by atoms with Crippen LogP contribution in [-0.2, 0) is 11.2 Å². The number of nitrogens with one attached hydrogen (secondary N) is 1. The number of unbranched alkanes of at least 4 members (excludes halogenated alkanes) is 2. The second kappa shape index (κ2) is 9.57. The van der Waals surface area contributed by atoms with Crippen LogP contribution in [0.5, 0.6) is 0 Å². The van der Waals surface area contributed by atoms with Crippen LogP contribution in [0.1, 0.15) is 64.4 Å². The summed E-state index contributed by atoms with van der Waals surface area (Å²) in [5, 5.41) is 12.5. The Balaban J connectivity index is 1.48. The summed E-state index contributed by atoms with van der Waals surface area (Å²) in [6.45, 7) is 4.31. The number of carboxylic acid groups (broad SMARTS) is 1. The molecule has 6 heteroatoms. The van der Waals surface area contributed by atoms with Gasteiger partial charge in [-0.15, -0.1) is 0 Å². The van der Waals surface area contributed by atoms with Crippen LogP contribution < -0.4 is 5.32 Å². The number of fused-ring (bicyclic) bond motifs is 1. The number of imide groups is 1. The molecule has 2 amide bonds. The maximum Gasteiger partial charge on any atom is 0.326 e. The summed E-state index contributed by atoms with van der Waals surface area (Å²) >= 11 is 0. The Hall–Kier alpha value is -3.15. The number of benzene rings is 2. The number of nitrogens with zero attached hydrogens (tertiary/aromatic N) is 1. The standard InChI is InChI=1S/C24H28N2O4/c1-3-17-8-7-9-19-21(17)23(28)26(22(19)27)15-6-4-5-10-20(24(29)30)25-18-13-11-16(2)12-14-18/h7-9,11-14,20,25H,3-6,10,15H2,1-2H3,(H,29,30). The first-order chi connectivity index (χ1) is 14.4. The van der Waals surface area contributed by atoms with Gasteiger partial charge in [0.05, 0.1) is 11.1 Å². The van der Waals surface area contributed by atoms with Gasteiger partial charge in [-0.05, 0) is 49.9 Å². The van der Waals surface area contributed by atoms with E-state index in [2.05, 4.69) is 5.32 Å². The third kappa shape index (κ3) is 4.70. The molecular formula is C24H28N2O4. The molecule has 1 aliphatic rings. The Morgan fingerprint density at radius 1 is 1.03 bits per heavy atom. The summed E-state index contributed by atoms with van der Waals surface area (Å²) in [5.74, 6) is -1.32. The monoisotopic (exact) mass is 408 g/mol. The van der Waals surface area contributed by atoms with Crippen molar-refractivity contribution < 1.29 is 19.5 Å². The summed E-state index contributed by atoms with van der Waals surface area (Å²) in [7, 11) is 0. The van der Waals surface area contributed by atoms with Gasteiger partial charge in [0.1, 0.15) is 6.04 Å². The van der Waals surface area contributed by atoms with Gasteiger partial charge in [0.25, 0.3) is 11.8 Å². The Bertz CT molecular complexity index is 937. The second-order valence-corrected chi connectivity index (χ2v) is 7.71. The lowest BCUT2D eigenvalue weighted by molar-refractivity contribution is -0.138. The molecule has 1 aliphatic heterocycles. The molecule has 0 spiro atoms. The van der Waals surface area contributed by atoms with E-state index in [0.717, 1.165) is 23.2 Å². The van der Waals surface area contributed by atoms with Crippen LogP contribution >= 0.6 is 0 Å². The molecule has 0 aliphatic carbocycles. The lowest BCUT2D eigenvalue weighted by Gasteiger charge is -2.17. The average molecular weight is 408 g/mol. The molecule has 0 aromatic heterocycles. The SMILES string of the molecule is CCc1cccc2c1C(=O)N(CCCCCC(Nc1ccc(C)cc1)C(=O)O)C2=O. The van der Waals surface area contributed by atoms with E-state index >= 15 is 0 Å². The van der Waals surface area contributed by atoms with Gasteiger partial charge in [0.15, 0.2) is 0 Å². The van der Waals surface area contributed by atoms with Crippen molar-refractivity contribution in [3.63, 3.8) is 0 Å². The molecule has 0 radical (unpaired) electrons. The molecule has 1 unspecified atom stereocenters. The van der Waals surface area contributed by atoms with Crippen molar-refractivity contribution in [1.82, 2.24) is 4.90 Å². The van der Waals surface area contributed by atoms with Crippen LogP contribution in [0.25, 0.3) is 0 Å². The molecule has 1 atom stereocenters. The molecule has 0 saturated carbocycles. The third-order valence-corrected chi connectivity index (χ3v) is 5.53. The van der Waals surface area contributed by atoms with E-state index in [1.807, 2.05) is 50.2 Å². The fourth-order valence-electron chi connectivity index (χ4n) is 3.80. The number of carboxylic acids is 1. The number of amides is 2. The fourth-order valence-corrected chi connectivity index (χ4v) is 3.80. The minimum atomic E-state index is -0.886. The molecule has 0 fully saturated rings. The van der Waals surface area contributed by atoms with Crippen molar-refractivity contribution >= 4 is 23.5 Å². The normalized spacial score (nSPS) is 14.0. The van der Waals surface area contributed by atoms with Crippen molar-refractivity contribution in [3.8, 4) is 0 Å². The molecule has 158 valence electrons. The van der Waals surface area contributed by atoms with Gasteiger partial charge in [-0.25, -0.2) is 4.79 Å². The van der Waals surface area contributed by atoms with Gasteiger partial charge in [0.2, 0.25) is 0 Å². The van der Waals surface area contributed by atoms with Crippen molar-refractivity contribution in [2.45, 2.75) is 52.0 Å². The van der Waals surface area contributed by atoms with Gasteiger partial charge in [-0.1, -0.05) is 49.6 Å². The van der Waals surface area contributed by atoms with E-state index in [0.29, 0.717) is 43.4 Å². The van der Waals surface area contributed by atoms with Gasteiger partial charge in [-0.3, -0.25) is 14.5 Å². The molecule has 30 heavy (non-hydrogen) atoms. The Morgan fingerprint density at radius 3 is 2.43 bits per heavy atom. The van der Waals surface area contributed by atoms with Gasteiger partial charge in [0, 0.05) is 12.2 Å². The van der Waals surface area contributed by atoms with E-state index in [4.69, 9.17) is 0 Å². The van der Waals surface area contributed by atoms with Crippen molar-refractivity contribution in [1.29, 1.82) is 0 Å². The number of aliphatic carboxylic acids is 1. The van der Waals surface area contributed by atoms with Gasteiger partial charge in [-0.2, -0.15) is 0 Å². The highest BCUT2D eigenvalue weighted by Gasteiger charge is 2.36. The van der Waals surface area contributed by atoms with Gasteiger partial charge < -0.3 is 10.4 Å². The Labute approximate surface area is 176 Å². The highest BCUT2D eigenvalue weighted by molar-refractivity contribution is 6.22. The summed E-state index contributed by atoms with van der Waals surface area (Å²) in [6, 6.07) is 12.4. The summed E-state index contributed by atoms with van der Waals surface area (Å²) in [6.07, 6.45) is 3.28. The number of carbonyl (C=O) groups excluding carboxylic acids is 2. The smallest absolute Gasteiger partial charge is 0.326 e. The Morgan fingerprint density at radius 2 is 1.77 bits per heavy atom. The second-order valence-electron chi connectivity index (χ2n) is 7.71. The number of hydrogen-bond acceptors (Lipinski definition) is 4. The van der Waals surface area contributed by atoms with E-state index in [1.165, 1.54) is 4.90 Å². The largest absolute Gasteiger partial charge is 0.480 e. The predicted molar refractivity (Wildman–Crippen MR) is 116 cm³/mol. The zero-order chi connectivity index (χ0) is 21.7. The molecule has 0 saturated heterocycles. The van der Waals surface area contributed by atoms with E-state index in [-0.39, 0.29) is 11.8 Å². The summed E-state index contributed by atoms with van der Waals surface area (Å²) in [4.78, 5) is 38.2. The molecule has 0 bridgehead atoms. The zero-order valence-corrected chi connectivity index (χ0v) is 17.5. The topological polar surface area (TPSA) is 86.7 Å². The van der Waals surface area contributed by atoms with Crippen molar-refractivity contribution in [2.24, 2.45) is 0 Å². The lowest BCUT2D eigenvalue weighted by Crippen LogP contribution is -2.31. The summed E-state index contributed by atoms with van der Waals surface area (Å²) < 4.78 is 0. The first-order valence-electron chi connectivity index (χ1n) is 10.5. The molecule has 1 heterocycles. The first kappa shape index (κ1) is 21.6. The minimum absolute atomic E-state index is 0.211. The average Bonchev–Trinajstić information content (AvgIpc) is 2.98. The van der Waals surface area contributed by atoms with E-state index in [1.54, 1.807) is 6.07 Å². The Kier molecular flexibility index (Phi) is 6.87. The van der Waals surface area contributed by atoms with Crippen LogP contribution in [0, 0.1) is 6.92 Å². The first-order valence-corrected chi connectivity index (χ1v) is 10.5. The quantitative estimate of drug-likeness (QED) is 0.453. The molecular weight excluding hydrogens is 380 g/mol. The van der Waals surface area contributed by atoms with Crippen LogP contribution in [-0.4, -0.2) is 40.4 Å². The number of hydrogen-bond donors (Lipinski definition) is 2. The molecule has 2 N–H and O–H groups in total. The highest BCUT2D eigenvalue weighted by atomic mass is 16.4. The van der Waals surface area contributed by atoms with Crippen LogP contribution in [0.3, 0.4) is 0 Å².